The van der Waals surface area contributed by atoms with Gasteiger partial charge < -0.3 is 19.8 Å². The van der Waals surface area contributed by atoms with Gasteiger partial charge in [0.25, 0.3) is 0 Å². The standard InChI is InChI=1S/C15H19ClN2O5/c1-10-7-17(4-5-18(10)15(21)22)8-11-6-12(16)2-3-13(11)23-9-14(19)20/h2-3,6,10H,4-5,7-9H2,1H3,(H,19,20)(H,21,22)/t10-/m0/s1. The average Bonchev–Trinajstić information content (AvgIpc) is 2.46. The number of hydrogen-bond acceptors (Lipinski definition) is 4. The van der Waals surface area contributed by atoms with Crippen LogP contribution in [-0.2, 0) is 11.3 Å². The second kappa shape index (κ2) is 7.52. The van der Waals surface area contributed by atoms with Crippen molar-refractivity contribution < 1.29 is 24.5 Å². The summed E-state index contributed by atoms with van der Waals surface area (Å²) in [4.78, 5) is 25.3. The Kier molecular flexibility index (Phi) is 5.68. The molecular weight excluding hydrogens is 324 g/mol. The van der Waals surface area contributed by atoms with Gasteiger partial charge in [-0.15, -0.1) is 0 Å². The van der Waals surface area contributed by atoms with E-state index in [2.05, 4.69) is 4.90 Å². The maximum atomic E-state index is 11.1. The molecule has 1 atom stereocenters. The van der Waals surface area contributed by atoms with E-state index in [1.807, 2.05) is 6.92 Å². The van der Waals surface area contributed by atoms with Crippen LogP contribution in [0.1, 0.15) is 12.5 Å². The Morgan fingerprint density at radius 1 is 1.35 bits per heavy atom. The van der Waals surface area contributed by atoms with Crippen LogP contribution >= 0.6 is 11.6 Å². The zero-order valence-corrected chi connectivity index (χ0v) is 13.5. The van der Waals surface area contributed by atoms with E-state index in [1.54, 1.807) is 18.2 Å². The predicted octanol–water partition coefficient (Wildman–Crippen LogP) is 1.99. The summed E-state index contributed by atoms with van der Waals surface area (Å²) < 4.78 is 5.29. The molecule has 1 aliphatic rings. The van der Waals surface area contributed by atoms with Gasteiger partial charge in [0.05, 0.1) is 0 Å². The molecule has 23 heavy (non-hydrogen) atoms. The number of benzene rings is 1. The van der Waals surface area contributed by atoms with Gasteiger partial charge in [-0.1, -0.05) is 11.6 Å². The van der Waals surface area contributed by atoms with Crippen LogP contribution in [0.2, 0.25) is 5.02 Å². The van der Waals surface area contributed by atoms with E-state index in [4.69, 9.17) is 26.6 Å². The highest BCUT2D eigenvalue weighted by Gasteiger charge is 2.27. The van der Waals surface area contributed by atoms with Crippen LogP contribution in [0.25, 0.3) is 0 Å². The lowest BCUT2D eigenvalue weighted by Gasteiger charge is -2.38. The Morgan fingerprint density at radius 2 is 2.09 bits per heavy atom. The molecule has 0 aliphatic carbocycles. The maximum Gasteiger partial charge on any atom is 0.407 e. The lowest BCUT2D eigenvalue weighted by molar-refractivity contribution is -0.139. The molecule has 0 spiro atoms. The van der Waals surface area contributed by atoms with Crippen molar-refractivity contribution in [1.29, 1.82) is 0 Å². The molecule has 126 valence electrons. The second-order valence-corrected chi connectivity index (χ2v) is 5.93. The monoisotopic (exact) mass is 342 g/mol. The maximum absolute atomic E-state index is 11.1. The molecule has 1 heterocycles. The van der Waals surface area contributed by atoms with Crippen molar-refractivity contribution in [3.05, 3.63) is 28.8 Å². The lowest BCUT2D eigenvalue weighted by Crippen LogP contribution is -2.53. The molecular formula is C15H19ClN2O5. The smallest absolute Gasteiger partial charge is 0.407 e. The molecule has 0 saturated carbocycles. The van der Waals surface area contributed by atoms with Gasteiger partial charge in [-0.2, -0.15) is 0 Å². The number of rotatable bonds is 5. The van der Waals surface area contributed by atoms with Gasteiger partial charge >= 0.3 is 12.1 Å². The molecule has 2 N–H and O–H groups in total. The molecule has 8 heteroatoms. The molecule has 1 aliphatic heterocycles. The first-order chi connectivity index (χ1) is 10.9. The SMILES string of the molecule is C[C@H]1CN(Cc2cc(Cl)ccc2OCC(=O)O)CCN1C(=O)O. The fourth-order valence-corrected chi connectivity index (χ4v) is 2.85. The molecule has 0 aromatic heterocycles. The number of halogens is 1. The minimum atomic E-state index is -1.05. The van der Waals surface area contributed by atoms with Gasteiger partial charge in [0.15, 0.2) is 6.61 Å². The van der Waals surface area contributed by atoms with Crippen LogP contribution in [0.4, 0.5) is 4.79 Å². The first kappa shape index (κ1) is 17.4. The fraction of sp³-hybridized carbons (Fsp3) is 0.467. The van der Waals surface area contributed by atoms with E-state index in [9.17, 15) is 9.59 Å². The van der Waals surface area contributed by atoms with Gasteiger partial charge in [-0.3, -0.25) is 4.90 Å². The number of carbonyl (C=O) groups is 2. The molecule has 0 bridgehead atoms. The summed E-state index contributed by atoms with van der Waals surface area (Å²) in [6.45, 7) is 3.59. The van der Waals surface area contributed by atoms with Crippen molar-refractivity contribution in [3.63, 3.8) is 0 Å². The molecule has 7 nitrogen and oxygen atoms in total. The highest BCUT2D eigenvalue weighted by atomic mass is 35.5. The van der Waals surface area contributed by atoms with E-state index >= 15 is 0 Å². The van der Waals surface area contributed by atoms with E-state index in [-0.39, 0.29) is 6.04 Å². The normalized spacial score (nSPS) is 18.7. The van der Waals surface area contributed by atoms with Crippen LogP contribution in [0.5, 0.6) is 5.75 Å². The Hall–Kier alpha value is -1.99. The zero-order valence-electron chi connectivity index (χ0n) is 12.7. The van der Waals surface area contributed by atoms with Crippen molar-refractivity contribution in [3.8, 4) is 5.75 Å². The van der Waals surface area contributed by atoms with Gasteiger partial charge in [0, 0.05) is 42.8 Å². The van der Waals surface area contributed by atoms with Crippen LogP contribution in [0, 0.1) is 0 Å². The van der Waals surface area contributed by atoms with E-state index in [0.717, 1.165) is 5.56 Å². The molecule has 2 rings (SSSR count). The van der Waals surface area contributed by atoms with Gasteiger partial charge in [0.1, 0.15) is 5.75 Å². The van der Waals surface area contributed by atoms with Crippen LogP contribution in [0.15, 0.2) is 18.2 Å². The summed E-state index contributed by atoms with van der Waals surface area (Å²) in [5, 5.41) is 18.4. The third kappa shape index (κ3) is 4.74. The minimum Gasteiger partial charge on any atom is -0.482 e. The first-order valence-corrected chi connectivity index (χ1v) is 7.59. The van der Waals surface area contributed by atoms with E-state index in [0.29, 0.717) is 37.0 Å². The summed E-state index contributed by atoms with van der Waals surface area (Å²) in [7, 11) is 0. The molecule has 1 fully saturated rings. The Morgan fingerprint density at radius 3 is 2.70 bits per heavy atom. The second-order valence-electron chi connectivity index (χ2n) is 5.49. The number of carboxylic acid groups (broad SMARTS) is 2. The van der Waals surface area contributed by atoms with Gasteiger partial charge in [-0.05, 0) is 25.1 Å². The molecule has 1 amide bonds. The van der Waals surface area contributed by atoms with Crippen molar-refractivity contribution >= 4 is 23.7 Å². The van der Waals surface area contributed by atoms with Gasteiger partial charge in [-0.25, -0.2) is 9.59 Å². The third-order valence-corrected chi connectivity index (χ3v) is 3.96. The summed E-state index contributed by atoms with van der Waals surface area (Å²) in [5.41, 5.74) is 0.787. The molecule has 1 aromatic carbocycles. The quantitative estimate of drug-likeness (QED) is 0.850. The summed E-state index contributed by atoms with van der Waals surface area (Å²) in [6.07, 6.45) is -0.912. The third-order valence-electron chi connectivity index (χ3n) is 3.72. The highest BCUT2D eigenvalue weighted by molar-refractivity contribution is 6.30. The van der Waals surface area contributed by atoms with Crippen molar-refractivity contribution in [1.82, 2.24) is 9.80 Å². The number of piperazine rings is 1. The van der Waals surface area contributed by atoms with Gasteiger partial charge in [0.2, 0.25) is 0 Å². The van der Waals surface area contributed by atoms with Crippen LogP contribution < -0.4 is 4.74 Å². The van der Waals surface area contributed by atoms with Crippen molar-refractivity contribution in [2.75, 3.05) is 26.2 Å². The Labute approximate surface area is 139 Å². The van der Waals surface area contributed by atoms with E-state index in [1.165, 1.54) is 4.90 Å². The number of amides is 1. The first-order valence-electron chi connectivity index (χ1n) is 7.21. The molecule has 0 unspecified atom stereocenters. The van der Waals surface area contributed by atoms with E-state index < -0.39 is 18.7 Å². The van der Waals surface area contributed by atoms with Crippen LogP contribution in [0.3, 0.4) is 0 Å². The largest absolute Gasteiger partial charge is 0.482 e. The number of ether oxygens (including phenoxy) is 1. The summed E-state index contributed by atoms with van der Waals surface area (Å²) in [6, 6.07) is 4.93. The summed E-state index contributed by atoms with van der Waals surface area (Å²) >= 11 is 6.01. The lowest BCUT2D eigenvalue weighted by atomic mass is 10.1. The summed E-state index contributed by atoms with van der Waals surface area (Å²) in [5.74, 6) is -0.570. The number of aliphatic carboxylic acids is 1. The Balaban J connectivity index is 2.06. The number of carboxylic acids is 1. The fourth-order valence-electron chi connectivity index (χ4n) is 2.65. The Bertz CT molecular complexity index is 595. The number of hydrogen-bond donors (Lipinski definition) is 2. The van der Waals surface area contributed by atoms with Crippen LogP contribution in [-0.4, -0.2) is 64.4 Å². The zero-order chi connectivity index (χ0) is 17.0. The molecule has 1 aromatic rings. The highest BCUT2D eigenvalue weighted by Crippen LogP contribution is 2.25. The van der Waals surface area contributed by atoms with Crippen molar-refractivity contribution in [2.24, 2.45) is 0 Å². The topological polar surface area (TPSA) is 90.3 Å². The minimum absolute atomic E-state index is 0.108. The predicted molar refractivity (Wildman–Crippen MR) is 84.1 cm³/mol. The number of nitrogens with zero attached hydrogens (tertiary/aromatic N) is 2. The molecule has 0 radical (unpaired) electrons. The molecule has 1 saturated heterocycles. The van der Waals surface area contributed by atoms with Crippen molar-refractivity contribution in [2.45, 2.75) is 19.5 Å². The average molecular weight is 343 g/mol.